The topological polar surface area (TPSA) is 16.1 Å². The van der Waals surface area contributed by atoms with Gasteiger partial charge in [0.2, 0.25) is 0 Å². The summed E-state index contributed by atoms with van der Waals surface area (Å²) in [7, 11) is 2.00. The van der Waals surface area contributed by atoms with Crippen LogP contribution >= 0.6 is 0 Å². The largest absolute Gasteiger partial charge is 0.375 e. The van der Waals surface area contributed by atoms with E-state index in [-0.39, 0.29) is 0 Å². The highest BCUT2D eigenvalue weighted by Gasteiger charge is 1.93. The molecule has 0 bridgehead atoms. The molecule has 2 nitrogen and oxygen atoms in total. The molecule has 53 valence electrons. The van der Waals surface area contributed by atoms with E-state index in [4.69, 9.17) is 0 Å². The predicted octanol–water partition coefficient (Wildman–Crippen LogP) is 1.35. The van der Waals surface area contributed by atoms with E-state index in [1.807, 2.05) is 19.2 Å². The molecular weight excluding hydrogens is 124 g/mol. The van der Waals surface area contributed by atoms with Crippen LogP contribution in [0, 0.1) is 6.92 Å². The fraction of sp³-hybridized carbons (Fsp3) is 0.250. The molecule has 10 heavy (non-hydrogen) atoms. The molecule has 2 heteroatoms. The Balaban J connectivity index is 2.75. The van der Waals surface area contributed by atoms with Crippen LogP contribution in [-0.2, 0) is 0 Å². The average molecular weight is 135 g/mol. The van der Waals surface area contributed by atoms with Crippen molar-refractivity contribution in [2.45, 2.75) is 0 Å². The second kappa shape index (κ2) is 3.20. The SMILES string of the molecule is [CH2]CN(C)c1ccncc1. The van der Waals surface area contributed by atoms with Gasteiger partial charge in [0.05, 0.1) is 0 Å². The van der Waals surface area contributed by atoms with Crippen molar-refractivity contribution in [3.05, 3.63) is 31.5 Å². The highest BCUT2D eigenvalue weighted by molar-refractivity contribution is 5.43. The zero-order valence-corrected chi connectivity index (χ0v) is 6.12. The smallest absolute Gasteiger partial charge is 0.0394 e. The monoisotopic (exact) mass is 135 g/mol. The lowest BCUT2D eigenvalue weighted by molar-refractivity contribution is 1.02. The fourth-order valence-corrected chi connectivity index (χ4v) is 0.728. The quantitative estimate of drug-likeness (QED) is 0.608. The van der Waals surface area contributed by atoms with Crippen LogP contribution in [0.25, 0.3) is 0 Å². The number of aromatic nitrogens is 1. The molecule has 1 aromatic rings. The summed E-state index contributed by atoms with van der Waals surface area (Å²) < 4.78 is 0. The number of hydrogen-bond donors (Lipinski definition) is 0. The van der Waals surface area contributed by atoms with Gasteiger partial charge in [-0.05, 0) is 19.1 Å². The van der Waals surface area contributed by atoms with Gasteiger partial charge in [-0.1, -0.05) is 0 Å². The molecule has 0 aliphatic rings. The molecule has 0 saturated heterocycles. The van der Waals surface area contributed by atoms with Crippen LogP contribution in [0.3, 0.4) is 0 Å². The maximum Gasteiger partial charge on any atom is 0.0394 e. The van der Waals surface area contributed by atoms with E-state index >= 15 is 0 Å². The Kier molecular flexibility index (Phi) is 2.26. The van der Waals surface area contributed by atoms with Gasteiger partial charge in [0.25, 0.3) is 0 Å². The predicted molar refractivity (Wildman–Crippen MR) is 42.9 cm³/mol. The first-order valence-electron chi connectivity index (χ1n) is 3.25. The minimum absolute atomic E-state index is 0.782. The van der Waals surface area contributed by atoms with Gasteiger partial charge >= 0.3 is 0 Å². The molecule has 1 aromatic heterocycles. The Labute approximate surface area is 61.5 Å². The summed E-state index contributed by atoms with van der Waals surface area (Å²) in [5, 5.41) is 0. The number of rotatable bonds is 2. The van der Waals surface area contributed by atoms with Crippen molar-refractivity contribution < 1.29 is 0 Å². The summed E-state index contributed by atoms with van der Waals surface area (Å²) in [6.45, 7) is 4.55. The minimum atomic E-state index is 0.782. The van der Waals surface area contributed by atoms with Crippen molar-refractivity contribution in [1.82, 2.24) is 4.98 Å². The summed E-state index contributed by atoms with van der Waals surface area (Å²) in [5.41, 5.74) is 1.16. The van der Waals surface area contributed by atoms with Gasteiger partial charge in [-0.2, -0.15) is 0 Å². The molecule has 0 unspecified atom stereocenters. The molecule has 0 fully saturated rings. The number of hydrogen-bond acceptors (Lipinski definition) is 2. The lowest BCUT2D eigenvalue weighted by Crippen LogP contribution is -2.15. The molecular formula is C8H11N2. The number of pyridine rings is 1. The molecule has 0 N–H and O–H groups in total. The Morgan fingerprint density at radius 1 is 1.50 bits per heavy atom. The van der Waals surface area contributed by atoms with E-state index in [0.29, 0.717) is 0 Å². The first kappa shape index (κ1) is 7.06. The third kappa shape index (κ3) is 1.47. The van der Waals surface area contributed by atoms with Gasteiger partial charge in [-0.25, -0.2) is 0 Å². The van der Waals surface area contributed by atoms with Crippen LogP contribution in [-0.4, -0.2) is 18.6 Å². The second-order valence-corrected chi connectivity index (χ2v) is 2.13. The summed E-state index contributed by atoms with van der Waals surface area (Å²) >= 11 is 0. The molecule has 0 saturated carbocycles. The lowest BCUT2D eigenvalue weighted by Gasteiger charge is -2.15. The zero-order chi connectivity index (χ0) is 7.40. The Hall–Kier alpha value is -1.05. The molecule has 0 amide bonds. The van der Waals surface area contributed by atoms with Gasteiger partial charge in [0.1, 0.15) is 0 Å². The van der Waals surface area contributed by atoms with Crippen LogP contribution in [0.15, 0.2) is 24.5 Å². The van der Waals surface area contributed by atoms with E-state index in [9.17, 15) is 0 Å². The van der Waals surface area contributed by atoms with Crippen molar-refractivity contribution >= 4 is 5.69 Å². The van der Waals surface area contributed by atoms with E-state index in [1.165, 1.54) is 0 Å². The van der Waals surface area contributed by atoms with Crippen LogP contribution in [0.5, 0.6) is 0 Å². The first-order valence-corrected chi connectivity index (χ1v) is 3.25. The second-order valence-electron chi connectivity index (χ2n) is 2.13. The van der Waals surface area contributed by atoms with Gasteiger partial charge < -0.3 is 4.90 Å². The van der Waals surface area contributed by atoms with Gasteiger partial charge in [0, 0.05) is 31.7 Å². The third-order valence-corrected chi connectivity index (χ3v) is 1.44. The highest BCUT2D eigenvalue weighted by Crippen LogP contribution is 2.07. The summed E-state index contributed by atoms with van der Waals surface area (Å²) in [5.74, 6) is 0. The maximum atomic E-state index is 3.92. The summed E-state index contributed by atoms with van der Waals surface area (Å²) in [6, 6.07) is 3.93. The average Bonchev–Trinajstić information content (AvgIpc) is 2.05. The van der Waals surface area contributed by atoms with Crippen molar-refractivity contribution in [3.63, 3.8) is 0 Å². The van der Waals surface area contributed by atoms with Gasteiger partial charge in [0.15, 0.2) is 0 Å². The maximum absolute atomic E-state index is 3.92. The van der Waals surface area contributed by atoms with Crippen LogP contribution in [0.4, 0.5) is 5.69 Å². The minimum Gasteiger partial charge on any atom is -0.375 e. The standard InChI is InChI=1S/C8H11N2/c1-3-10(2)8-4-6-9-7-5-8/h4-7H,1,3H2,2H3. The van der Waals surface area contributed by atoms with Gasteiger partial charge in [-0.15, -0.1) is 0 Å². The molecule has 0 aromatic carbocycles. The Bertz CT molecular complexity index is 184. The molecule has 0 spiro atoms. The van der Waals surface area contributed by atoms with E-state index in [0.717, 1.165) is 12.2 Å². The summed E-state index contributed by atoms with van der Waals surface area (Å²) in [4.78, 5) is 5.97. The molecule has 0 aliphatic heterocycles. The molecule has 1 rings (SSSR count). The third-order valence-electron chi connectivity index (χ3n) is 1.44. The molecule has 1 radical (unpaired) electrons. The van der Waals surface area contributed by atoms with E-state index in [2.05, 4.69) is 16.8 Å². The lowest BCUT2D eigenvalue weighted by atomic mass is 10.4. The van der Waals surface area contributed by atoms with Gasteiger partial charge in [-0.3, -0.25) is 4.98 Å². The zero-order valence-electron chi connectivity index (χ0n) is 6.12. The Morgan fingerprint density at radius 3 is 2.60 bits per heavy atom. The Morgan fingerprint density at radius 2 is 2.10 bits per heavy atom. The molecule has 0 atom stereocenters. The van der Waals surface area contributed by atoms with Crippen LogP contribution < -0.4 is 4.90 Å². The first-order chi connectivity index (χ1) is 4.84. The molecule has 0 aliphatic carbocycles. The van der Waals surface area contributed by atoms with Crippen molar-refractivity contribution in [2.24, 2.45) is 0 Å². The summed E-state index contributed by atoms with van der Waals surface area (Å²) in [6.07, 6.45) is 3.56. The van der Waals surface area contributed by atoms with E-state index < -0.39 is 0 Å². The van der Waals surface area contributed by atoms with Crippen molar-refractivity contribution in [1.29, 1.82) is 0 Å². The normalized spacial score (nSPS) is 9.40. The van der Waals surface area contributed by atoms with Crippen LogP contribution in [0.1, 0.15) is 0 Å². The molecule has 1 heterocycles. The van der Waals surface area contributed by atoms with Crippen molar-refractivity contribution in [3.8, 4) is 0 Å². The number of anilines is 1. The van der Waals surface area contributed by atoms with E-state index in [1.54, 1.807) is 12.4 Å². The number of nitrogens with zero attached hydrogens (tertiary/aromatic N) is 2. The fourth-order valence-electron chi connectivity index (χ4n) is 0.728. The van der Waals surface area contributed by atoms with Crippen molar-refractivity contribution in [2.75, 3.05) is 18.5 Å². The highest BCUT2D eigenvalue weighted by atomic mass is 15.1. The van der Waals surface area contributed by atoms with Crippen LogP contribution in [0.2, 0.25) is 0 Å².